The summed E-state index contributed by atoms with van der Waals surface area (Å²) in [5.74, 6) is 0.978. The molecule has 0 aliphatic carbocycles. The average molecular weight is 256 g/mol. The third-order valence-corrected chi connectivity index (χ3v) is 3.63. The molecule has 0 aromatic carbocycles. The highest BCUT2D eigenvalue weighted by molar-refractivity contribution is 5.76. The molecule has 106 valence electrons. The standard InChI is InChI=1S/C14H28N2O2/c1-11(2)7-12(9-15)8-13(17)16-6-4-5-14(3,18)10-16/h11-12,18H,4-10,15H2,1-3H3/t12-,14?/m0/s1. The summed E-state index contributed by atoms with van der Waals surface area (Å²) in [5.41, 5.74) is 5.01. The van der Waals surface area contributed by atoms with Crippen LogP contribution in [0.4, 0.5) is 0 Å². The number of hydrogen-bond acceptors (Lipinski definition) is 3. The van der Waals surface area contributed by atoms with Crippen LogP contribution in [0.2, 0.25) is 0 Å². The van der Waals surface area contributed by atoms with Crippen LogP contribution in [0.5, 0.6) is 0 Å². The molecule has 1 aliphatic heterocycles. The van der Waals surface area contributed by atoms with E-state index in [1.807, 2.05) is 0 Å². The normalized spacial score (nSPS) is 26.4. The van der Waals surface area contributed by atoms with Gasteiger partial charge in [0, 0.05) is 19.5 Å². The summed E-state index contributed by atoms with van der Waals surface area (Å²) < 4.78 is 0. The van der Waals surface area contributed by atoms with Gasteiger partial charge < -0.3 is 15.7 Å². The first kappa shape index (κ1) is 15.4. The van der Waals surface area contributed by atoms with Crippen molar-refractivity contribution in [3.63, 3.8) is 0 Å². The first-order valence-corrected chi connectivity index (χ1v) is 7.04. The molecule has 1 rings (SSSR count). The molecule has 1 heterocycles. The molecule has 4 nitrogen and oxygen atoms in total. The van der Waals surface area contributed by atoms with Gasteiger partial charge in [-0.05, 0) is 44.6 Å². The number of rotatable bonds is 5. The molecule has 0 radical (unpaired) electrons. The van der Waals surface area contributed by atoms with Gasteiger partial charge in [-0.1, -0.05) is 13.8 Å². The van der Waals surface area contributed by atoms with Crippen molar-refractivity contribution in [2.24, 2.45) is 17.6 Å². The predicted octanol–water partition coefficient (Wildman–Crippen LogP) is 1.37. The third-order valence-electron chi connectivity index (χ3n) is 3.63. The van der Waals surface area contributed by atoms with Crippen LogP contribution in [0.3, 0.4) is 0 Å². The Balaban J connectivity index is 2.48. The van der Waals surface area contributed by atoms with Crippen LogP contribution in [-0.4, -0.2) is 41.1 Å². The van der Waals surface area contributed by atoms with E-state index in [0.717, 1.165) is 25.8 Å². The lowest BCUT2D eigenvalue weighted by Gasteiger charge is -2.37. The number of aliphatic hydroxyl groups is 1. The zero-order chi connectivity index (χ0) is 13.8. The van der Waals surface area contributed by atoms with Gasteiger partial charge in [-0.15, -0.1) is 0 Å². The monoisotopic (exact) mass is 256 g/mol. The van der Waals surface area contributed by atoms with Crippen molar-refractivity contribution >= 4 is 5.91 Å². The average Bonchev–Trinajstić information content (AvgIpc) is 2.26. The second-order valence-corrected chi connectivity index (χ2v) is 6.35. The highest BCUT2D eigenvalue weighted by Crippen LogP contribution is 2.22. The molecule has 3 N–H and O–H groups in total. The van der Waals surface area contributed by atoms with Gasteiger partial charge in [-0.3, -0.25) is 4.79 Å². The van der Waals surface area contributed by atoms with Crippen LogP contribution < -0.4 is 5.73 Å². The zero-order valence-corrected chi connectivity index (χ0v) is 12.0. The molecule has 2 atom stereocenters. The Bertz CT molecular complexity index is 277. The Morgan fingerprint density at radius 2 is 2.17 bits per heavy atom. The number of carbonyl (C=O) groups is 1. The predicted molar refractivity (Wildman–Crippen MR) is 73.1 cm³/mol. The molecule has 1 amide bonds. The fourth-order valence-corrected chi connectivity index (χ4v) is 2.74. The van der Waals surface area contributed by atoms with Gasteiger partial charge in [-0.2, -0.15) is 0 Å². The number of carbonyl (C=O) groups excluding carboxylic acids is 1. The molecule has 0 aromatic rings. The largest absolute Gasteiger partial charge is 0.388 e. The van der Waals surface area contributed by atoms with Gasteiger partial charge in [0.2, 0.25) is 5.91 Å². The maximum Gasteiger partial charge on any atom is 0.222 e. The van der Waals surface area contributed by atoms with Crippen molar-refractivity contribution in [1.29, 1.82) is 0 Å². The Hall–Kier alpha value is -0.610. The molecule has 1 saturated heterocycles. The maximum atomic E-state index is 12.2. The van der Waals surface area contributed by atoms with Crippen molar-refractivity contribution < 1.29 is 9.90 Å². The van der Waals surface area contributed by atoms with Crippen LogP contribution >= 0.6 is 0 Å². The number of nitrogens with zero attached hydrogens (tertiary/aromatic N) is 1. The van der Waals surface area contributed by atoms with Gasteiger partial charge in [0.1, 0.15) is 0 Å². The van der Waals surface area contributed by atoms with E-state index in [-0.39, 0.29) is 11.8 Å². The molecule has 0 spiro atoms. The van der Waals surface area contributed by atoms with Gasteiger partial charge in [-0.25, -0.2) is 0 Å². The number of β-amino-alcohol motifs (C(OH)–C–C–N with tert-alkyl or cyclic N) is 1. The number of likely N-dealkylation sites (tertiary alicyclic amines) is 1. The minimum absolute atomic E-state index is 0.145. The van der Waals surface area contributed by atoms with E-state index in [9.17, 15) is 9.90 Å². The smallest absolute Gasteiger partial charge is 0.222 e. The molecule has 4 heteroatoms. The quantitative estimate of drug-likeness (QED) is 0.781. The van der Waals surface area contributed by atoms with Crippen LogP contribution in [0, 0.1) is 11.8 Å². The second-order valence-electron chi connectivity index (χ2n) is 6.35. The minimum Gasteiger partial charge on any atom is -0.388 e. The van der Waals surface area contributed by atoms with E-state index in [1.165, 1.54) is 0 Å². The molecule has 1 fully saturated rings. The molecule has 1 aliphatic rings. The van der Waals surface area contributed by atoms with Gasteiger partial charge in [0.15, 0.2) is 0 Å². The molecule has 1 unspecified atom stereocenters. The highest BCUT2D eigenvalue weighted by atomic mass is 16.3. The van der Waals surface area contributed by atoms with Crippen molar-refractivity contribution in [3.8, 4) is 0 Å². The van der Waals surface area contributed by atoms with Crippen LogP contribution in [-0.2, 0) is 4.79 Å². The Kier molecular flexibility index (Phi) is 5.60. The number of amides is 1. The van der Waals surface area contributed by atoms with E-state index in [4.69, 9.17) is 5.73 Å². The molecule has 0 saturated carbocycles. The second kappa shape index (κ2) is 6.53. The van der Waals surface area contributed by atoms with Gasteiger partial charge >= 0.3 is 0 Å². The highest BCUT2D eigenvalue weighted by Gasteiger charge is 2.31. The van der Waals surface area contributed by atoms with Gasteiger partial charge in [0.25, 0.3) is 0 Å². The fourth-order valence-electron chi connectivity index (χ4n) is 2.74. The Morgan fingerprint density at radius 3 is 2.67 bits per heavy atom. The lowest BCUT2D eigenvalue weighted by molar-refractivity contribution is -0.138. The van der Waals surface area contributed by atoms with Crippen molar-refractivity contribution in [2.75, 3.05) is 19.6 Å². The number of nitrogens with two attached hydrogens (primary N) is 1. The lowest BCUT2D eigenvalue weighted by Crippen LogP contribution is -2.49. The maximum absolute atomic E-state index is 12.2. The van der Waals surface area contributed by atoms with E-state index >= 15 is 0 Å². The minimum atomic E-state index is -0.718. The van der Waals surface area contributed by atoms with Crippen LogP contribution in [0.1, 0.15) is 46.5 Å². The molecular formula is C14H28N2O2. The van der Waals surface area contributed by atoms with E-state index < -0.39 is 5.60 Å². The summed E-state index contributed by atoms with van der Waals surface area (Å²) in [7, 11) is 0. The van der Waals surface area contributed by atoms with Crippen LogP contribution in [0.15, 0.2) is 0 Å². The SMILES string of the molecule is CC(C)C[C@H](CN)CC(=O)N1CCCC(C)(O)C1. The zero-order valence-electron chi connectivity index (χ0n) is 12.0. The van der Waals surface area contributed by atoms with Gasteiger partial charge in [0.05, 0.1) is 5.60 Å². The lowest BCUT2D eigenvalue weighted by atomic mass is 9.91. The molecule has 18 heavy (non-hydrogen) atoms. The van der Waals surface area contributed by atoms with Crippen molar-refractivity contribution in [2.45, 2.75) is 52.1 Å². The summed E-state index contributed by atoms with van der Waals surface area (Å²) in [4.78, 5) is 14.0. The van der Waals surface area contributed by atoms with E-state index in [2.05, 4.69) is 13.8 Å². The summed E-state index contributed by atoms with van der Waals surface area (Å²) in [5, 5.41) is 10.0. The summed E-state index contributed by atoms with van der Waals surface area (Å²) >= 11 is 0. The summed E-state index contributed by atoms with van der Waals surface area (Å²) in [6.45, 7) is 7.91. The van der Waals surface area contributed by atoms with E-state index in [0.29, 0.717) is 25.4 Å². The first-order valence-electron chi connectivity index (χ1n) is 7.04. The first-order chi connectivity index (χ1) is 8.34. The third kappa shape index (κ3) is 4.94. The van der Waals surface area contributed by atoms with Crippen molar-refractivity contribution in [1.82, 2.24) is 4.90 Å². The topological polar surface area (TPSA) is 66.6 Å². The molecule has 0 bridgehead atoms. The van der Waals surface area contributed by atoms with Crippen molar-refractivity contribution in [3.05, 3.63) is 0 Å². The van der Waals surface area contributed by atoms with Crippen LogP contribution in [0.25, 0.3) is 0 Å². The fraction of sp³-hybridized carbons (Fsp3) is 0.929. The number of hydrogen-bond donors (Lipinski definition) is 2. The Morgan fingerprint density at radius 1 is 1.50 bits per heavy atom. The molecular weight excluding hydrogens is 228 g/mol. The molecule has 0 aromatic heterocycles. The summed E-state index contributed by atoms with van der Waals surface area (Å²) in [6.07, 6.45) is 3.18. The number of piperidine rings is 1. The van der Waals surface area contributed by atoms with E-state index in [1.54, 1.807) is 11.8 Å². The Labute approximate surface area is 111 Å². The summed E-state index contributed by atoms with van der Waals surface area (Å²) in [6, 6.07) is 0.